The lowest BCUT2D eigenvalue weighted by Crippen LogP contribution is -2.19. The molecule has 1 fully saturated rings. The molecule has 29 heavy (non-hydrogen) atoms. The fourth-order valence-electron chi connectivity index (χ4n) is 4.22. The lowest BCUT2D eigenvalue weighted by molar-refractivity contribution is 0.598. The van der Waals surface area contributed by atoms with Crippen LogP contribution in [-0.4, -0.2) is 31.1 Å². The lowest BCUT2D eigenvalue weighted by Gasteiger charge is -2.21. The number of aromatic nitrogens is 5. The highest BCUT2D eigenvalue weighted by molar-refractivity contribution is 7.19. The van der Waals surface area contributed by atoms with Crippen molar-refractivity contribution in [2.24, 2.45) is 7.05 Å². The van der Waals surface area contributed by atoms with Gasteiger partial charge in [-0.3, -0.25) is 4.68 Å². The third-order valence-corrected chi connectivity index (χ3v) is 6.68. The van der Waals surface area contributed by atoms with Gasteiger partial charge in [0, 0.05) is 36.1 Å². The van der Waals surface area contributed by atoms with E-state index in [1.165, 1.54) is 0 Å². The molecule has 0 amide bonds. The molecule has 0 aliphatic carbocycles. The van der Waals surface area contributed by atoms with Gasteiger partial charge in [-0.2, -0.15) is 15.5 Å². The van der Waals surface area contributed by atoms with E-state index in [-0.39, 0.29) is 6.71 Å². The number of rotatable bonds is 3. The quantitative estimate of drug-likeness (QED) is 0.488. The minimum atomic E-state index is 0.199. The van der Waals surface area contributed by atoms with E-state index in [2.05, 4.69) is 23.2 Å². The molecular weight excluding hydrogens is 381 g/mol. The predicted molar refractivity (Wildman–Crippen MR) is 113 cm³/mol. The molecule has 1 aromatic carbocycles. The van der Waals surface area contributed by atoms with Gasteiger partial charge in [0.1, 0.15) is 5.01 Å². The summed E-state index contributed by atoms with van der Waals surface area (Å²) in [7, 11) is 1.89. The Morgan fingerprint density at radius 1 is 1.21 bits per heavy atom. The zero-order chi connectivity index (χ0) is 20.0. The highest BCUT2D eigenvalue weighted by Gasteiger charge is 2.27. The van der Waals surface area contributed by atoms with Gasteiger partial charge >= 0.3 is 0 Å². The molecule has 0 spiro atoms. The number of imidazole rings is 1. The Balaban J connectivity index is 1.48. The molecule has 0 atom stereocenters. The number of hydrogen-bond donors (Lipinski definition) is 0. The first-order valence-corrected chi connectivity index (χ1v) is 10.6. The van der Waals surface area contributed by atoms with E-state index in [9.17, 15) is 5.26 Å². The van der Waals surface area contributed by atoms with Crippen molar-refractivity contribution in [1.82, 2.24) is 24.4 Å². The summed E-state index contributed by atoms with van der Waals surface area (Å²) >= 11 is 1.56. The van der Waals surface area contributed by atoms with E-state index in [1.807, 2.05) is 30.0 Å². The van der Waals surface area contributed by atoms with Crippen LogP contribution in [0.5, 0.6) is 0 Å². The highest BCUT2D eigenvalue weighted by atomic mass is 32.1. The van der Waals surface area contributed by atoms with Gasteiger partial charge in [0.15, 0.2) is 0 Å². The van der Waals surface area contributed by atoms with Crippen LogP contribution in [0.15, 0.2) is 24.5 Å². The van der Waals surface area contributed by atoms with Gasteiger partial charge in [0.2, 0.25) is 4.96 Å². The fourth-order valence-corrected chi connectivity index (χ4v) is 5.09. The summed E-state index contributed by atoms with van der Waals surface area (Å²) in [6.07, 6.45) is 8.27. The van der Waals surface area contributed by atoms with E-state index in [0.717, 1.165) is 63.2 Å². The van der Waals surface area contributed by atoms with Crippen molar-refractivity contribution < 1.29 is 0 Å². The molecule has 4 heterocycles. The Hall–Kier alpha value is -3.17. The van der Waals surface area contributed by atoms with Crippen LogP contribution in [0.3, 0.4) is 0 Å². The van der Waals surface area contributed by atoms with Gasteiger partial charge in [-0.25, -0.2) is 14.8 Å². The van der Waals surface area contributed by atoms with Crippen LogP contribution in [0.4, 0.5) is 0 Å². The molecule has 0 radical (unpaired) electrons. The molecule has 9 heteroatoms. The van der Waals surface area contributed by atoms with Crippen molar-refractivity contribution in [3.63, 3.8) is 0 Å². The second-order valence-electron chi connectivity index (χ2n) is 7.69. The van der Waals surface area contributed by atoms with E-state index >= 15 is 0 Å². The van der Waals surface area contributed by atoms with Crippen molar-refractivity contribution >= 4 is 33.9 Å². The standard InChI is InChI=1S/C20H18BN7S/c1-27-10-16-9-15(8-14(4-7-22)18(16)25-27)19-26-28-11-17(24-20(28)29-19)13-2-5-21(12-23)6-3-13/h8-11,13H,2-6H2,1H3. The summed E-state index contributed by atoms with van der Waals surface area (Å²) in [5, 5.41) is 29.4. The number of hydrogen-bond acceptors (Lipinski definition) is 6. The third-order valence-electron chi connectivity index (χ3n) is 5.71. The number of nitrogens with zero attached hydrogens (tertiary/aromatic N) is 7. The van der Waals surface area contributed by atoms with Gasteiger partial charge in [-0.05, 0) is 17.7 Å². The van der Waals surface area contributed by atoms with Crippen LogP contribution in [0.1, 0.15) is 30.0 Å². The number of nitriles is 2. The maximum atomic E-state index is 9.19. The largest absolute Gasteiger partial charge is 0.275 e. The summed E-state index contributed by atoms with van der Waals surface area (Å²) in [5.74, 6) is 2.81. The zero-order valence-corrected chi connectivity index (χ0v) is 16.9. The molecule has 0 bridgehead atoms. The molecule has 0 unspecified atom stereocenters. The molecule has 1 aliphatic heterocycles. The molecule has 5 rings (SSSR count). The van der Waals surface area contributed by atoms with Crippen LogP contribution in [0.25, 0.3) is 26.4 Å². The van der Waals surface area contributed by atoms with Gasteiger partial charge in [-0.1, -0.05) is 36.8 Å². The molecule has 3 aromatic heterocycles. The Morgan fingerprint density at radius 2 is 2.03 bits per heavy atom. The van der Waals surface area contributed by atoms with Crippen molar-refractivity contribution in [3.05, 3.63) is 35.8 Å². The summed E-state index contributed by atoms with van der Waals surface area (Å²) in [4.78, 5) is 5.71. The average Bonchev–Trinajstić information content (AvgIpc) is 3.40. The molecule has 1 aliphatic rings. The Labute approximate surface area is 172 Å². The Morgan fingerprint density at radius 3 is 2.76 bits per heavy atom. The van der Waals surface area contributed by atoms with Crippen molar-refractivity contribution in [1.29, 1.82) is 10.5 Å². The van der Waals surface area contributed by atoms with E-state index in [4.69, 9.17) is 15.3 Å². The topological polar surface area (TPSA) is 95.6 Å². The van der Waals surface area contributed by atoms with Crippen LogP contribution < -0.4 is 0 Å². The van der Waals surface area contributed by atoms with Crippen LogP contribution in [-0.2, 0) is 13.5 Å². The first kappa shape index (κ1) is 17.9. The molecule has 4 aromatic rings. The van der Waals surface area contributed by atoms with Crippen LogP contribution in [0.2, 0.25) is 12.6 Å². The minimum Gasteiger partial charge on any atom is -0.275 e. The average molecular weight is 399 g/mol. The van der Waals surface area contributed by atoms with Gasteiger partial charge < -0.3 is 0 Å². The summed E-state index contributed by atoms with van der Waals surface area (Å²) in [6.45, 7) is 0.199. The normalized spacial score (nSPS) is 15.1. The summed E-state index contributed by atoms with van der Waals surface area (Å²) in [6, 6.07) is 6.32. The Kier molecular flexibility index (Phi) is 4.33. The number of benzene rings is 1. The molecular formula is C20H18BN7S. The van der Waals surface area contributed by atoms with Gasteiger partial charge in [0.25, 0.3) is 6.71 Å². The van der Waals surface area contributed by atoms with Crippen LogP contribution in [0, 0.1) is 22.6 Å². The lowest BCUT2D eigenvalue weighted by atomic mass is 9.41. The summed E-state index contributed by atoms with van der Waals surface area (Å²) in [5.41, 5.74) is 3.86. The molecule has 1 saturated heterocycles. The third kappa shape index (κ3) is 3.18. The first-order valence-electron chi connectivity index (χ1n) is 9.74. The SMILES string of the molecule is Cn1cc2cc(-c3nn4cc(C5CCB(C#N)CC5)nc4s3)cc(CC#N)c2n1. The monoisotopic (exact) mass is 399 g/mol. The van der Waals surface area contributed by atoms with Gasteiger partial charge in [-0.15, -0.1) is 0 Å². The molecule has 0 saturated carbocycles. The molecule has 7 nitrogen and oxygen atoms in total. The second-order valence-corrected chi connectivity index (χ2v) is 8.64. The Bertz CT molecular complexity index is 1260. The minimum absolute atomic E-state index is 0.199. The smallest absolute Gasteiger partial charge is 0.267 e. The zero-order valence-electron chi connectivity index (χ0n) is 16.0. The van der Waals surface area contributed by atoms with E-state index in [1.54, 1.807) is 16.0 Å². The van der Waals surface area contributed by atoms with Crippen molar-refractivity contribution in [2.75, 3.05) is 0 Å². The van der Waals surface area contributed by atoms with Crippen molar-refractivity contribution in [3.8, 4) is 22.6 Å². The van der Waals surface area contributed by atoms with Crippen molar-refractivity contribution in [2.45, 2.75) is 37.8 Å². The molecule has 0 N–H and O–H groups in total. The van der Waals surface area contributed by atoms with Crippen LogP contribution >= 0.6 is 11.3 Å². The number of fused-ring (bicyclic) bond motifs is 2. The van der Waals surface area contributed by atoms with E-state index in [0.29, 0.717) is 12.3 Å². The fraction of sp³-hybridized carbons (Fsp3) is 0.350. The first-order chi connectivity index (χ1) is 14.1. The van der Waals surface area contributed by atoms with E-state index < -0.39 is 0 Å². The predicted octanol–water partition coefficient (Wildman–Crippen LogP) is 3.85. The highest BCUT2D eigenvalue weighted by Crippen LogP contribution is 2.35. The maximum Gasteiger partial charge on any atom is 0.267 e. The summed E-state index contributed by atoms with van der Waals surface area (Å²) < 4.78 is 3.64. The molecule has 142 valence electrons. The number of aryl methyl sites for hydroxylation is 1. The second kappa shape index (κ2) is 7.02. The maximum absolute atomic E-state index is 9.19. The van der Waals surface area contributed by atoms with Gasteiger partial charge in [0.05, 0.1) is 29.9 Å².